The molecule has 1 N–H and O–H groups in total. The van der Waals surface area contributed by atoms with Crippen LogP contribution in [0.25, 0.3) is 0 Å². The molecule has 104 valence electrons. The third-order valence-corrected chi connectivity index (χ3v) is 4.58. The van der Waals surface area contributed by atoms with E-state index in [1.54, 1.807) is 0 Å². The summed E-state index contributed by atoms with van der Waals surface area (Å²) in [5.41, 5.74) is 1.52. The van der Waals surface area contributed by atoms with Crippen LogP contribution >= 0.6 is 0 Å². The van der Waals surface area contributed by atoms with Crippen LogP contribution in [-0.2, 0) is 11.2 Å². The second kappa shape index (κ2) is 6.23. The quantitative estimate of drug-likeness (QED) is 0.828. The standard InChI is InChI=1S/C17H24O2/c1-17(10-5-6-11-17)12-9-15(16(18)19)13-14-7-3-2-4-8-14/h2-4,7-8,15H,5-6,9-13H2,1H3,(H,18,19). The highest BCUT2D eigenvalue weighted by atomic mass is 16.4. The normalized spacial score (nSPS) is 19.2. The summed E-state index contributed by atoms with van der Waals surface area (Å²) in [4.78, 5) is 11.4. The summed E-state index contributed by atoms with van der Waals surface area (Å²) < 4.78 is 0. The highest BCUT2D eigenvalue weighted by Gasteiger charge is 2.30. The minimum absolute atomic E-state index is 0.236. The molecule has 0 saturated heterocycles. The van der Waals surface area contributed by atoms with Crippen molar-refractivity contribution in [3.05, 3.63) is 35.9 Å². The van der Waals surface area contributed by atoms with Gasteiger partial charge in [0, 0.05) is 0 Å². The summed E-state index contributed by atoms with van der Waals surface area (Å²) in [5, 5.41) is 9.39. The Hall–Kier alpha value is -1.31. The van der Waals surface area contributed by atoms with Gasteiger partial charge in [-0.15, -0.1) is 0 Å². The number of hydrogen-bond acceptors (Lipinski definition) is 1. The second-order valence-corrected chi connectivity index (χ2v) is 6.28. The van der Waals surface area contributed by atoms with E-state index >= 15 is 0 Å². The summed E-state index contributed by atoms with van der Waals surface area (Å²) >= 11 is 0. The second-order valence-electron chi connectivity index (χ2n) is 6.28. The molecule has 2 heteroatoms. The van der Waals surface area contributed by atoms with Crippen molar-refractivity contribution in [3.8, 4) is 0 Å². The fraction of sp³-hybridized carbons (Fsp3) is 0.588. The molecule has 1 aliphatic rings. The van der Waals surface area contributed by atoms with E-state index in [0.29, 0.717) is 11.8 Å². The Balaban J connectivity index is 1.91. The molecule has 1 saturated carbocycles. The van der Waals surface area contributed by atoms with Gasteiger partial charge in [-0.2, -0.15) is 0 Å². The molecule has 1 atom stereocenters. The molecule has 1 fully saturated rings. The molecule has 0 heterocycles. The van der Waals surface area contributed by atoms with Crippen LogP contribution in [0, 0.1) is 11.3 Å². The summed E-state index contributed by atoms with van der Waals surface area (Å²) in [5.74, 6) is -0.884. The first kappa shape index (κ1) is 14.1. The van der Waals surface area contributed by atoms with Crippen molar-refractivity contribution in [3.63, 3.8) is 0 Å². The zero-order valence-corrected chi connectivity index (χ0v) is 11.8. The average Bonchev–Trinajstić information content (AvgIpc) is 2.83. The number of aliphatic carboxylic acids is 1. The molecule has 0 bridgehead atoms. The molecule has 2 nitrogen and oxygen atoms in total. The highest BCUT2D eigenvalue weighted by molar-refractivity contribution is 5.70. The number of carboxylic acids is 1. The van der Waals surface area contributed by atoms with E-state index in [4.69, 9.17) is 0 Å². The Bertz CT molecular complexity index is 405. The van der Waals surface area contributed by atoms with Crippen LogP contribution in [0.2, 0.25) is 0 Å². The number of carbonyl (C=O) groups is 1. The van der Waals surface area contributed by atoms with E-state index in [0.717, 1.165) is 18.4 Å². The lowest BCUT2D eigenvalue weighted by Crippen LogP contribution is -2.20. The van der Waals surface area contributed by atoms with Gasteiger partial charge < -0.3 is 5.11 Å². The van der Waals surface area contributed by atoms with Crippen LogP contribution in [0.15, 0.2) is 30.3 Å². The lowest BCUT2D eigenvalue weighted by atomic mass is 9.80. The molecule has 1 aromatic carbocycles. The molecule has 0 aromatic heterocycles. The molecular weight excluding hydrogens is 236 g/mol. The molecule has 0 spiro atoms. The first-order chi connectivity index (χ1) is 9.09. The number of carboxylic acid groups (broad SMARTS) is 1. The van der Waals surface area contributed by atoms with Crippen LogP contribution in [0.1, 0.15) is 51.0 Å². The van der Waals surface area contributed by atoms with Gasteiger partial charge in [0.25, 0.3) is 0 Å². The molecule has 0 radical (unpaired) electrons. The average molecular weight is 260 g/mol. The summed E-state index contributed by atoms with van der Waals surface area (Å²) in [6, 6.07) is 9.97. The number of benzene rings is 1. The van der Waals surface area contributed by atoms with E-state index in [1.165, 1.54) is 25.7 Å². The van der Waals surface area contributed by atoms with Crippen molar-refractivity contribution < 1.29 is 9.90 Å². The van der Waals surface area contributed by atoms with Gasteiger partial charge in [0.15, 0.2) is 0 Å². The maximum Gasteiger partial charge on any atom is 0.306 e. The topological polar surface area (TPSA) is 37.3 Å². The Morgan fingerprint density at radius 2 is 1.89 bits per heavy atom. The maximum absolute atomic E-state index is 11.4. The van der Waals surface area contributed by atoms with Gasteiger partial charge in [-0.3, -0.25) is 4.79 Å². The third kappa shape index (κ3) is 4.09. The predicted octanol–water partition coefficient (Wildman–Crippen LogP) is 4.29. The molecule has 0 aliphatic heterocycles. The van der Waals surface area contributed by atoms with Crippen LogP contribution < -0.4 is 0 Å². The molecule has 1 aromatic rings. The van der Waals surface area contributed by atoms with Gasteiger partial charge in [0.1, 0.15) is 0 Å². The van der Waals surface area contributed by atoms with Gasteiger partial charge in [-0.25, -0.2) is 0 Å². The van der Waals surface area contributed by atoms with Crippen LogP contribution in [0.4, 0.5) is 0 Å². The van der Waals surface area contributed by atoms with E-state index in [1.807, 2.05) is 30.3 Å². The molecule has 1 aliphatic carbocycles. The van der Waals surface area contributed by atoms with Crippen LogP contribution in [-0.4, -0.2) is 11.1 Å². The molecule has 0 amide bonds. The first-order valence-electron chi connectivity index (χ1n) is 7.36. The van der Waals surface area contributed by atoms with Gasteiger partial charge in [0.2, 0.25) is 0 Å². The highest BCUT2D eigenvalue weighted by Crippen LogP contribution is 2.42. The summed E-state index contributed by atoms with van der Waals surface area (Å²) in [6.07, 6.45) is 7.68. The van der Waals surface area contributed by atoms with Crippen molar-refractivity contribution in [1.29, 1.82) is 0 Å². The lowest BCUT2D eigenvalue weighted by Gasteiger charge is -2.25. The maximum atomic E-state index is 11.4. The molecule has 2 rings (SSSR count). The summed E-state index contributed by atoms with van der Waals surface area (Å²) in [6.45, 7) is 2.32. The molecular formula is C17H24O2. The van der Waals surface area contributed by atoms with Crippen molar-refractivity contribution in [2.24, 2.45) is 11.3 Å². The van der Waals surface area contributed by atoms with E-state index in [-0.39, 0.29) is 5.92 Å². The number of hydrogen-bond donors (Lipinski definition) is 1. The Labute approximate surface area is 115 Å². The number of rotatable bonds is 6. The first-order valence-corrected chi connectivity index (χ1v) is 7.36. The van der Waals surface area contributed by atoms with Gasteiger partial charge in [-0.1, -0.05) is 50.1 Å². The molecule has 19 heavy (non-hydrogen) atoms. The van der Waals surface area contributed by atoms with Crippen molar-refractivity contribution >= 4 is 5.97 Å². The lowest BCUT2D eigenvalue weighted by molar-refractivity contribution is -0.142. The summed E-state index contributed by atoms with van der Waals surface area (Å²) in [7, 11) is 0. The minimum atomic E-state index is -0.648. The van der Waals surface area contributed by atoms with E-state index in [2.05, 4.69) is 6.92 Å². The fourth-order valence-corrected chi connectivity index (χ4v) is 3.21. The van der Waals surface area contributed by atoms with Gasteiger partial charge in [0.05, 0.1) is 5.92 Å². The largest absolute Gasteiger partial charge is 0.481 e. The van der Waals surface area contributed by atoms with Crippen molar-refractivity contribution in [2.75, 3.05) is 0 Å². The Morgan fingerprint density at radius 1 is 1.26 bits per heavy atom. The smallest absolute Gasteiger partial charge is 0.306 e. The van der Waals surface area contributed by atoms with Crippen LogP contribution in [0.5, 0.6) is 0 Å². The monoisotopic (exact) mass is 260 g/mol. The minimum Gasteiger partial charge on any atom is -0.481 e. The fourth-order valence-electron chi connectivity index (χ4n) is 3.21. The Kier molecular flexibility index (Phi) is 4.62. The third-order valence-electron chi connectivity index (χ3n) is 4.58. The van der Waals surface area contributed by atoms with E-state index < -0.39 is 5.97 Å². The van der Waals surface area contributed by atoms with Gasteiger partial charge in [-0.05, 0) is 43.1 Å². The van der Waals surface area contributed by atoms with Crippen molar-refractivity contribution in [1.82, 2.24) is 0 Å². The van der Waals surface area contributed by atoms with Crippen LogP contribution in [0.3, 0.4) is 0 Å². The van der Waals surface area contributed by atoms with E-state index in [9.17, 15) is 9.90 Å². The Morgan fingerprint density at radius 3 is 2.47 bits per heavy atom. The SMILES string of the molecule is CC1(CCC(Cc2ccccc2)C(=O)O)CCCC1. The van der Waals surface area contributed by atoms with Crippen molar-refractivity contribution in [2.45, 2.75) is 51.9 Å². The molecule has 1 unspecified atom stereocenters. The zero-order chi connectivity index (χ0) is 13.7. The zero-order valence-electron chi connectivity index (χ0n) is 11.8. The van der Waals surface area contributed by atoms with Gasteiger partial charge >= 0.3 is 5.97 Å². The predicted molar refractivity (Wildman–Crippen MR) is 77.1 cm³/mol.